The van der Waals surface area contributed by atoms with Crippen LogP contribution < -0.4 is 14.8 Å². The number of carbonyl (C=O) groups excluding carboxylic acids is 1. The van der Waals surface area contributed by atoms with Gasteiger partial charge < -0.3 is 10.1 Å². The van der Waals surface area contributed by atoms with Crippen molar-refractivity contribution in [2.45, 2.75) is 20.8 Å². The minimum absolute atomic E-state index is 0.0626. The van der Waals surface area contributed by atoms with Crippen LogP contribution in [0.3, 0.4) is 0 Å². The highest BCUT2D eigenvalue weighted by Crippen LogP contribution is 2.14. The Morgan fingerprint density at radius 1 is 1.17 bits per heavy atom. The molecule has 5 nitrogen and oxygen atoms in total. The number of carboxylic acids is 1. The topological polar surface area (TPSA) is 87.2 Å². The lowest BCUT2D eigenvalue weighted by molar-refractivity contribution is -0.119. The van der Waals surface area contributed by atoms with E-state index in [2.05, 4.69) is 4.98 Å². The molecule has 0 saturated heterocycles. The molecule has 0 amide bonds. The van der Waals surface area contributed by atoms with Gasteiger partial charge in [-0.1, -0.05) is 32.9 Å². The number of aromatic nitrogens is 1. The molecule has 23 heavy (non-hydrogen) atoms. The maximum atomic E-state index is 12.0. The summed E-state index contributed by atoms with van der Waals surface area (Å²) in [6, 6.07) is 6.22. The maximum Gasteiger partial charge on any atom is 0.335 e. The molecule has 120 valence electrons. The number of thiazole rings is 1. The van der Waals surface area contributed by atoms with Gasteiger partial charge in [-0.3, -0.25) is 9.59 Å². The van der Waals surface area contributed by atoms with Crippen molar-refractivity contribution in [3.05, 3.63) is 54.9 Å². The van der Waals surface area contributed by atoms with Crippen LogP contribution in [0.1, 0.15) is 36.7 Å². The highest BCUT2D eigenvalue weighted by Gasteiger charge is 2.18. The molecule has 1 aromatic carbocycles. The van der Waals surface area contributed by atoms with Crippen molar-refractivity contribution in [3.63, 3.8) is 0 Å². The molecule has 0 unspecified atom stereocenters. The normalized spacial score (nSPS) is 13.3. The molecule has 1 heterocycles. The third-order valence-electron chi connectivity index (χ3n) is 3.14. The molecule has 0 aliphatic rings. The van der Waals surface area contributed by atoms with E-state index in [0.29, 0.717) is 9.20 Å². The van der Waals surface area contributed by atoms with Gasteiger partial charge in [-0.2, -0.15) is 0 Å². The molecule has 0 radical (unpaired) electrons. The second kappa shape index (κ2) is 6.34. The Morgan fingerprint density at radius 2 is 1.78 bits per heavy atom. The van der Waals surface area contributed by atoms with Gasteiger partial charge in [-0.25, -0.2) is 4.79 Å². The Hall–Kier alpha value is -2.47. The molecule has 0 saturated carbocycles. The summed E-state index contributed by atoms with van der Waals surface area (Å²) in [7, 11) is 0. The third-order valence-corrected chi connectivity index (χ3v) is 4.10. The van der Waals surface area contributed by atoms with Gasteiger partial charge in [0, 0.05) is 11.5 Å². The average molecular weight is 331 g/mol. The van der Waals surface area contributed by atoms with Gasteiger partial charge in [0.1, 0.15) is 0 Å². The van der Waals surface area contributed by atoms with Crippen LogP contribution in [0, 0.1) is 5.41 Å². The summed E-state index contributed by atoms with van der Waals surface area (Å²) in [5, 5.41) is 8.86. The minimum Gasteiger partial charge on any atom is -0.478 e. The van der Waals surface area contributed by atoms with E-state index in [1.165, 1.54) is 29.5 Å². The van der Waals surface area contributed by atoms with E-state index in [1.807, 2.05) is 20.8 Å². The van der Waals surface area contributed by atoms with Crippen LogP contribution >= 0.6 is 11.3 Å². The smallest absolute Gasteiger partial charge is 0.335 e. The molecule has 6 heteroatoms. The van der Waals surface area contributed by atoms with E-state index in [-0.39, 0.29) is 16.9 Å². The predicted octanol–water partition coefficient (Wildman–Crippen LogP) is 1.36. The average Bonchev–Trinajstić information content (AvgIpc) is 2.78. The molecule has 0 spiro atoms. The monoisotopic (exact) mass is 331 g/mol. The molecule has 0 aliphatic carbocycles. The minimum atomic E-state index is -0.997. The zero-order valence-corrected chi connectivity index (χ0v) is 13.9. The van der Waals surface area contributed by atoms with E-state index in [0.717, 1.165) is 5.56 Å². The summed E-state index contributed by atoms with van der Waals surface area (Å²) >= 11 is 1.19. The van der Waals surface area contributed by atoms with Gasteiger partial charge in [0.15, 0.2) is 5.78 Å². The first-order chi connectivity index (χ1) is 10.7. The highest BCUT2D eigenvalue weighted by atomic mass is 32.1. The largest absolute Gasteiger partial charge is 0.478 e. The molecule has 0 atom stereocenters. The number of aromatic amines is 1. The number of carboxylic acid groups (broad SMARTS) is 1. The summed E-state index contributed by atoms with van der Waals surface area (Å²) in [6.45, 7) is 5.44. The molecule has 0 fully saturated rings. The number of hydrogen-bond donors (Lipinski definition) is 2. The van der Waals surface area contributed by atoms with Gasteiger partial charge in [-0.15, -0.1) is 11.3 Å². The van der Waals surface area contributed by atoms with Gasteiger partial charge in [0.2, 0.25) is 0 Å². The van der Waals surface area contributed by atoms with E-state index >= 15 is 0 Å². The Labute approximate surface area is 136 Å². The fourth-order valence-corrected chi connectivity index (χ4v) is 2.62. The standard InChI is InChI=1S/C17H17NO4S/c1-17(2,3)13(19)9-14-18-15(20)12(23-14)8-10-4-6-11(7-5-10)16(21)22/h4-9H,1-3H3,(H,18,20)(H,21,22)/b12-8+,14-9+. The van der Waals surface area contributed by atoms with E-state index < -0.39 is 11.4 Å². The molecular weight excluding hydrogens is 314 g/mol. The molecule has 0 bridgehead atoms. The van der Waals surface area contributed by atoms with Gasteiger partial charge >= 0.3 is 5.97 Å². The molecule has 2 aromatic rings. The number of benzene rings is 1. The van der Waals surface area contributed by atoms with Crippen LogP contribution in [-0.4, -0.2) is 21.8 Å². The zero-order chi connectivity index (χ0) is 17.2. The van der Waals surface area contributed by atoms with Crippen LogP contribution in [0.2, 0.25) is 0 Å². The van der Waals surface area contributed by atoms with Crippen molar-refractivity contribution >= 4 is 35.2 Å². The van der Waals surface area contributed by atoms with Crippen molar-refractivity contribution in [2.24, 2.45) is 5.41 Å². The third kappa shape index (κ3) is 4.26. The van der Waals surface area contributed by atoms with Crippen molar-refractivity contribution < 1.29 is 14.7 Å². The second-order valence-electron chi connectivity index (χ2n) is 6.11. The van der Waals surface area contributed by atoms with Gasteiger partial charge in [0.05, 0.1) is 14.8 Å². The van der Waals surface area contributed by atoms with Gasteiger partial charge in [-0.05, 0) is 23.8 Å². The molecule has 2 N–H and O–H groups in total. The number of ketones is 1. The van der Waals surface area contributed by atoms with E-state index in [4.69, 9.17) is 5.11 Å². The lowest BCUT2D eigenvalue weighted by Crippen LogP contribution is -2.22. The number of hydrogen-bond acceptors (Lipinski definition) is 4. The fourth-order valence-electron chi connectivity index (χ4n) is 1.73. The molecule has 2 rings (SSSR count). The summed E-state index contributed by atoms with van der Waals surface area (Å²) in [6.07, 6.45) is 3.10. The predicted molar refractivity (Wildman–Crippen MR) is 90.1 cm³/mol. The summed E-state index contributed by atoms with van der Waals surface area (Å²) in [5.74, 6) is -1.06. The first-order valence-corrected chi connectivity index (χ1v) is 7.79. The summed E-state index contributed by atoms with van der Waals surface area (Å²) in [5.41, 5.74) is 0.130. The van der Waals surface area contributed by atoms with Gasteiger partial charge in [0.25, 0.3) is 5.56 Å². The number of aromatic carboxylic acids is 1. The SMILES string of the molecule is CC(C)(C)C(=O)/C=c1\[nH]c(=O)/c(=C\c2ccc(C(=O)O)cc2)s1. The van der Waals surface area contributed by atoms with E-state index in [9.17, 15) is 14.4 Å². The van der Waals surface area contributed by atoms with Crippen LogP contribution in [0.4, 0.5) is 0 Å². The molecule has 0 aliphatic heterocycles. The fraction of sp³-hybridized carbons (Fsp3) is 0.235. The summed E-state index contributed by atoms with van der Waals surface area (Å²) in [4.78, 5) is 37.4. The Kier molecular flexibility index (Phi) is 4.65. The van der Waals surface area contributed by atoms with Crippen molar-refractivity contribution in [1.82, 2.24) is 4.98 Å². The lowest BCUT2D eigenvalue weighted by Gasteiger charge is -2.12. The van der Waals surface area contributed by atoms with Crippen LogP contribution in [0.25, 0.3) is 12.2 Å². The Morgan fingerprint density at radius 3 is 2.30 bits per heavy atom. The highest BCUT2D eigenvalue weighted by molar-refractivity contribution is 7.07. The lowest BCUT2D eigenvalue weighted by atomic mass is 9.91. The van der Waals surface area contributed by atoms with Crippen molar-refractivity contribution in [3.8, 4) is 0 Å². The maximum absolute atomic E-state index is 12.0. The van der Waals surface area contributed by atoms with Crippen LogP contribution in [0.15, 0.2) is 29.1 Å². The first-order valence-electron chi connectivity index (χ1n) is 6.97. The number of H-pyrrole nitrogens is 1. The second-order valence-corrected chi connectivity index (χ2v) is 7.20. The van der Waals surface area contributed by atoms with Crippen LogP contribution in [0.5, 0.6) is 0 Å². The van der Waals surface area contributed by atoms with Crippen molar-refractivity contribution in [2.75, 3.05) is 0 Å². The zero-order valence-electron chi connectivity index (χ0n) is 13.0. The Bertz CT molecular complexity index is 911. The number of Topliss-reactive ketones (excluding diaryl/α,β-unsaturated/α-hetero) is 1. The van der Waals surface area contributed by atoms with Crippen molar-refractivity contribution in [1.29, 1.82) is 0 Å². The van der Waals surface area contributed by atoms with Crippen LogP contribution in [-0.2, 0) is 4.79 Å². The number of carbonyl (C=O) groups is 2. The van der Waals surface area contributed by atoms with E-state index in [1.54, 1.807) is 18.2 Å². The number of rotatable bonds is 3. The molecular formula is C17H17NO4S. The first kappa shape index (κ1) is 16.9. The number of nitrogens with one attached hydrogen (secondary N) is 1. The quantitative estimate of drug-likeness (QED) is 0.889. The molecule has 1 aromatic heterocycles. The summed E-state index contributed by atoms with van der Waals surface area (Å²) < 4.78 is 0.962. The Balaban J connectivity index is 2.42.